The van der Waals surface area contributed by atoms with Crippen LogP contribution < -0.4 is 9.80 Å². The zero-order valence-corrected chi connectivity index (χ0v) is 20.7. The normalized spacial score (nSPS) is 18.5. The molecule has 3 heterocycles. The molecule has 0 aliphatic carbocycles. The molecule has 2 fully saturated rings. The number of piperazine rings is 1. The molecule has 5 rings (SSSR count). The molecule has 0 radical (unpaired) electrons. The number of fused-ring (bicyclic) bond motifs is 1. The SMILES string of the molecule is CCCCc1ccc(N2CC(C(=O)N3CCN(c4cc(C)c5ccccc5n4)CC3)CC2=O)cc1. The number of aromatic nitrogens is 1. The van der Waals surface area contributed by atoms with Gasteiger partial charge in [0.05, 0.1) is 11.4 Å². The fourth-order valence-corrected chi connectivity index (χ4v) is 5.25. The topological polar surface area (TPSA) is 56.8 Å². The molecule has 1 unspecified atom stereocenters. The molecule has 3 aromatic rings. The number of anilines is 2. The Bertz CT molecular complexity index is 1220. The number of para-hydroxylation sites is 1. The van der Waals surface area contributed by atoms with Crippen LogP contribution in [0.4, 0.5) is 11.5 Å². The maximum atomic E-state index is 13.3. The van der Waals surface area contributed by atoms with Crippen molar-refractivity contribution in [3.05, 3.63) is 65.7 Å². The standard InChI is InChI=1S/C29H34N4O2/c1-3-4-7-22-10-12-24(13-11-22)33-20-23(19-28(33)34)29(35)32-16-14-31(15-17-32)27-18-21(2)25-8-5-6-9-26(25)30-27/h5-6,8-13,18,23H,3-4,7,14-17,19-20H2,1-2H3. The minimum atomic E-state index is -0.269. The van der Waals surface area contributed by atoms with Crippen LogP contribution in [0.3, 0.4) is 0 Å². The minimum absolute atomic E-state index is 0.0409. The Balaban J connectivity index is 1.19. The summed E-state index contributed by atoms with van der Waals surface area (Å²) in [5.41, 5.74) is 4.41. The van der Waals surface area contributed by atoms with E-state index in [2.05, 4.69) is 43.0 Å². The van der Waals surface area contributed by atoms with E-state index in [1.165, 1.54) is 29.4 Å². The molecule has 1 atom stereocenters. The van der Waals surface area contributed by atoms with Gasteiger partial charge in [-0.05, 0) is 55.2 Å². The molecule has 182 valence electrons. The molecule has 0 saturated carbocycles. The van der Waals surface area contributed by atoms with Crippen LogP contribution in [0.25, 0.3) is 10.9 Å². The Kier molecular flexibility index (Phi) is 6.71. The second kappa shape index (κ2) is 10.1. The average molecular weight is 471 g/mol. The lowest BCUT2D eigenvalue weighted by atomic mass is 10.1. The molecule has 0 spiro atoms. The highest BCUT2D eigenvalue weighted by molar-refractivity contribution is 6.00. The third-order valence-electron chi connectivity index (χ3n) is 7.37. The maximum Gasteiger partial charge on any atom is 0.228 e. The van der Waals surface area contributed by atoms with Gasteiger partial charge in [0.25, 0.3) is 0 Å². The first-order chi connectivity index (χ1) is 17.0. The summed E-state index contributed by atoms with van der Waals surface area (Å²) in [7, 11) is 0. The summed E-state index contributed by atoms with van der Waals surface area (Å²) in [6.45, 7) is 7.59. The first-order valence-corrected chi connectivity index (χ1v) is 12.8. The van der Waals surface area contributed by atoms with E-state index in [0.717, 1.165) is 36.5 Å². The highest BCUT2D eigenvalue weighted by Crippen LogP contribution is 2.28. The van der Waals surface area contributed by atoms with Gasteiger partial charge in [-0.2, -0.15) is 0 Å². The molecule has 2 aliphatic rings. The maximum absolute atomic E-state index is 13.3. The third kappa shape index (κ3) is 4.88. The number of carbonyl (C=O) groups is 2. The van der Waals surface area contributed by atoms with Crippen molar-refractivity contribution in [2.24, 2.45) is 5.92 Å². The zero-order valence-electron chi connectivity index (χ0n) is 20.7. The van der Waals surface area contributed by atoms with Crippen molar-refractivity contribution in [3.8, 4) is 0 Å². The Morgan fingerprint density at radius 3 is 2.51 bits per heavy atom. The summed E-state index contributed by atoms with van der Waals surface area (Å²) < 4.78 is 0. The van der Waals surface area contributed by atoms with Crippen molar-refractivity contribution in [1.29, 1.82) is 0 Å². The number of hydrogen-bond acceptors (Lipinski definition) is 4. The van der Waals surface area contributed by atoms with E-state index in [1.807, 2.05) is 35.2 Å². The largest absolute Gasteiger partial charge is 0.353 e. The van der Waals surface area contributed by atoms with E-state index in [-0.39, 0.29) is 17.7 Å². The van der Waals surface area contributed by atoms with Gasteiger partial charge in [0, 0.05) is 50.2 Å². The van der Waals surface area contributed by atoms with Crippen LogP contribution in [-0.4, -0.2) is 54.4 Å². The molecule has 2 aliphatic heterocycles. The first-order valence-electron chi connectivity index (χ1n) is 12.8. The zero-order chi connectivity index (χ0) is 24.4. The van der Waals surface area contributed by atoms with E-state index in [0.29, 0.717) is 26.1 Å². The third-order valence-corrected chi connectivity index (χ3v) is 7.37. The van der Waals surface area contributed by atoms with Crippen LogP contribution in [0.2, 0.25) is 0 Å². The van der Waals surface area contributed by atoms with Crippen molar-refractivity contribution in [2.75, 3.05) is 42.5 Å². The number of unbranched alkanes of at least 4 members (excludes halogenated alkanes) is 1. The van der Waals surface area contributed by atoms with Crippen LogP contribution in [0, 0.1) is 12.8 Å². The number of carbonyl (C=O) groups excluding carboxylic acids is 2. The first kappa shape index (κ1) is 23.3. The quantitative estimate of drug-likeness (QED) is 0.529. The molecule has 2 aromatic carbocycles. The summed E-state index contributed by atoms with van der Waals surface area (Å²) in [5.74, 6) is 0.842. The van der Waals surface area contributed by atoms with E-state index in [1.54, 1.807) is 4.90 Å². The van der Waals surface area contributed by atoms with Gasteiger partial charge in [-0.1, -0.05) is 43.7 Å². The van der Waals surface area contributed by atoms with Crippen LogP contribution in [-0.2, 0) is 16.0 Å². The van der Waals surface area contributed by atoms with Crippen molar-refractivity contribution in [1.82, 2.24) is 9.88 Å². The van der Waals surface area contributed by atoms with Gasteiger partial charge >= 0.3 is 0 Å². The van der Waals surface area contributed by atoms with E-state index in [4.69, 9.17) is 4.98 Å². The van der Waals surface area contributed by atoms with Crippen molar-refractivity contribution < 1.29 is 9.59 Å². The highest BCUT2D eigenvalue weighted by Gasteiger charge is 2.38. The summed E-state index contributed by atoms with van der Waals surface area (Å²) in [6.07, 6.45) is 3.69. The fraction of sp³-hybridized carbons (Fsp3) is 0.414. The van der Waals surface area contributed by atoms with E-state index in [9.17, 15) is 9.59 Å². The summed E-state index contributed by atoms with van der Waals surface area (Å²) >= 11 is 0. The second-order valence-electron chi connectivity index (χ2n) is 9.80. The lowest BCUT2D eigenvalue weighted by molar-refractivity contribution is -0.136. The molecular formula is C29H34N4O2. The number of pyridine rings is 1. The highest BCUT2D eigenvalue weighted by atomic mass is 16.2. The molecular weight excluding hydrogens is 436 g/mol. The summed E-state index contributed by atoms with van der Waals surface area (Å²) in [6, 6.07) is 18.6. The molecule has 6 nitrogen and oxygen atoms in total. The summed E-state index contributed by atoms with van der Waals surface area (Å²) in [4.78, 5) is 36.8. The van der Waals surface area contributed by atoms with Crippen LogP contribution >= 0.6 is 0 Å². The second-order valence-corrected chi connectivity index (χ2v) is 9.80. The van der Waals surface area contributed by atoms with Crippen molar-refractivity contribution in [2.45, 2.75) is 39.5 Å². The lowest BCUT2D eigenvalue weighted by Crippen LogP contribution is -2.51. The predicted octanol–water partition coefficient (Wildman–Crippen LogP) is 4.59. The van der Waals surface area contributed by atoms with Crippen molar-refractivity contribution in [3.63, 3.8) is 0 Å². The molecule has 35 heavy (non-hydrogen) atoms. The van der Waals surface area contributed by atoms with Gasteiger partial charge in [0.1, 0.15) is 5.82 Å². The molecule has 6 heteroatoms. The number of amides is 2. The Morgan fingerprint density at radius 1 is 1.03 bits per heavy atom. The average Bonchev–Trinajstić information content (AvgIpc) is 3.29. The number of benzene rings is 2. The Hall–Kier alpha value is -3.41. The lowest BCUT2D eigenvalue weighted by Gasteiger charge is -2.36. The summed E-state index contributed by atoms with van der Waals surface area (Å²) in [5, 5.41) is 1.18. The number of aryl methyl sites for hydroxylation is 2. The van der Waals surface area contributed by atoms with Gasteiger partial charge in [0.2, 0.25) is 11.8 Å². The molecule has 2 amide bonds. The van der Waals surface area contributed by atoms with Gasteiger partial charge in [-0.15, -0.1) is 0 Å². The molecule has 1 aromatic heterocycles. The number of hydrogen-bond donors (Lipinski definition) is 0. The number of nitrogens with zero attached hydrogens (tertiary/aromatic N) is 4. The van der Waals surface area contributed by atoms with E-state index >= 15 is 0 Å². The van der Waals surface area contributed by atoms with Gasteiger partial charge in [0.15, 0.2) is 0 Å². The van der Waals surface area contributed by atoms with Gasteiger partial charge in [-0.3, -0.25) is 9.59 Å². The van der Waals surface area contributed by atoms with Crippen LogP contribution in [0.5, 0.6) is 0 Å². The molecule has 0 bridgehead atoms. The molecule has 2 saturated heterocycles. The number of rotatable bonds is 6. The fourth-order valence-electron chi connectivity index (χ4n) is 5.25. The predicted molar refractivity (Wildman–Crippen MR) is 141 cm³/mol. The van der Waals surface area contributed by atoms with Gasteiger partial charge < -0.3 is 14.7 Å². The van der Waals surface area contributed by atoms with Gasteiger partial charge in [-0.25, -0.2) is 4.98 Å². The smallest absolute Gasteiger partial charge is 0.228 e. The van der Waals surface area contributed by atoms with Crippen molar-refractivity contribution >= 4 is 34.2 Å². The van der Waals surface area contributed by atoms with Crippen LogP contribution in [0.1, 0.15) is 37.3 Å². The van der Waals surface area contributed by atoms with Crippen LogP contribution in [0.15, 0.2) is 54.6 Å². The van der Waals surface area contributed by atoms with E-state index < -0.39 is 0 Å². The Labute approximate surface area is 207 Å². The molecule has 0 N–H and O–H groups in total. The Morgan fingerprint density at radius 2 is 1.77 bits per heavy atom. The minimum Gasteiger partial charge on any atom is -0.353 e. The monoisotopic (exact) mass is 470 g/mol.